The van der Waals surface area contributed by atoms with Crippen LogP contribution < -0.4 is 5.73 Å². The fraction of sp³-hybridized carbons (Fsp3) is 0.391. The summed E-state index contributed by atoms with van der Waals surface area (Å²) in [6, 6.07) is 18.7. The fourth-order valence-electron chi connectivity index (χ4n) is 4.28. The molecule has 2 aromatic carbocycles. The molecule has 2 amide bonds. The second-order valence-electron chi connectivity index (χ2n) is 8.42. The Bertz CT molecular complexity index is 790. The Hall–Kier alpha value is -2.66. The van der Waals surface area contributed by atoms with Crippen molar-refractivity contribution in [2.75, 3.05) is 6.54 Å². The normalized spacial score (nSPS) is 22.2. The molecule has 2 aromatic rings. The largest absolute Gasteiger partial charge is 0.517 e. The number of benzene rings is 2. The van der Waals surface area contributed by atoms with Crippen LogP contribution >= 0.6 is 0 Å². The maximum atomic E-state index is 13.6. The van der Waals surface area contributed by atoms with Gasteiger partial charge < -0.3 is 10.5 Å². The van der Waals surface area contributed by atoms with Crippen LogP contribution in [-0.4, -0.2) is 34.7 Å². The standard InChI is InChI=1S/C23H28N2O3/c1-23(2,3)28-22(27)25(16-10-15-19(25)21(24)26)20(17-11-6-4-7-12-17)18-13-8-5-9-14-18/h4-9,11-14,19-20H,10,15-16H2,1-3H3,(H-,24,26)/p+1/t19?,25-/m0/s1. The van der Waals surface area contributed by atoms with E-state index in [2.05, 4.69) is 0 Å². The number of nitrogens with two attached hydrogens (primary N) is 1. The maximum absolute atomic E-state index is 13.6. The van der Waals surface area contributed by atoms with Crippen LogP contribution in [-0.2, 0) is 9.53 Å². The van der Waals surface area contributed by atoms with E-state index in [1.165, 1.54) is 0 Å². The molecule has 148 valence electrons. The lowest BCUT2D eigenvalue weighted by molar-refractivity contribution is -0.886. The van der Waals surface area contributed by atoms with E-state index in [-0.39, 0.29) is 10.5 Å². The van der Waals surface area contributed by atoms with Crippen molar-refractivity contribution in [1.29, 1.82) is 0 Å². The molecule has 0 aliphatic carbocycles. The predicted octanol–water partition coefficient (Wildman–Crippen LogP) is 4.18. The van der Waals surface area contributed by atoms with Crippen LogP contribution in [0.3, 0.4) is 0 Å². The lowest BCUT2D eigenvalue weighted by Crippen LogP contribution is -2.63. The highest BCUT2D eigenvalue weighted by Gasteiger charge is 2.59. The van der Waals surface area contributed by atoms with Crippen LogP contribution in [0, 0.1) is 0 Å². The summed E-state index contributed by atoms with van der Waals surface area (Å²) in [4.78, 5) is 26.1. The average Bonchev–Trinajstić information content (AvgIpc) is 3.08. The highest BCUT2D eigenvalue weighted by Crippen LogP contribution is 2.44. The molecule has 0 radical (unpaired) electrons. The van der Waals surface area contributed by atoms with Crippen LogP contribution in [0.4, 0.5) is 4.79 Å². The van der Waals surface area contributed by atoms with Crippen molar-refractivity contribution in [2.45, 2.75) is 51.3 Å². The van der Waals surface area contributed by atoms with Crippen molar-refractivity contribution >= 4 is 12.0 Å². The average molecular weight is 381 g/mol. The smallest absolute Gasteiger partial charge is 0.414 e. The summed E-state index contributed by atoms with van der Waals surface area (Å²) >= 11 is 0. The van der Waals surface area contributed by atoms with Crippen molar-refractivity contribution in [3.05, 3.63) is 71.8 Å². The number of primary amides is 1. The molecule has 5 nitrogen and oxygen atoms in total. The molecule has 1 heterocycles. The molecule has 2 atom stereocenters. The van der Waals surface area contributed by atoms with Gasteiger partial charge in [0.25, 0.3) is 5.91 Å². The summed E-state index contributed by atoms with van der Waals surface area (Å²) in [7, 11) is 0. The first-order valence-electron chi connectivity index (χ1n) is 9.76. The maximum Gasteiger partial charge on any atom is 0.517 e. The Morgan fingerprint density at radius 2 is 1.50 bits per heavy atom. The van der Waals surface area contributed by atoms with Crippen LogP contribution in [0.15, 0.2) is 60.7 Å². The molecule has 3 rings (SSSR count). The Balaban J connectivity index is 2.23. The first-order chi connectivity index (χ1) is 13.3. The topological polar surface area (TPSA) is 69.4 Å². The molecule has 1 fully saturated rings. The third-order valence-electron chi connectivity index (χ3n) is 5.32. The molecule has 2 N–H and O–H groups in total. The quantitative estimate of drug-likeness (QED) is 0.808. The number of ether oxygens (including phenoxy) is 1. The van der Waals surface area contributed by atoms with Gasteiger partial charge in [-0.15, -0.1) is 0 Å². The molecule has 1 saturated heterocycles. The van der Waals surface area contributed by atoms with Gasteiger partial charge in [-0.05, 0) is 20.8 Å². The van der Waals surface area contributed by atoms with Crippen LogP contribution in [0.2, 0.25) is 0 Å². The zero-order valence-electron chi connectivity index (χ0n) is 16.8. The van der Waals surface area contributed by atoms with Crippen molar-refractivity contribution in [3.8, 4) is 0 Å². The molecule has 0 bridgehead atoms. The number of quaternary nitrogens is 1. The second-order valence-corrected chi connectivity index (χ2v) is 8.42. The molecule has 5 heteroatoms. The number of amides is 2. The number of hydrogen-bond donors (Lipinski definition) is 1. The summed E-state index contributed by atoms with van der Waals surface area (Å²) in [6.07, 6.45) is 0.917. The van der Waals surface area contributed by atoms with E-state index in [1.54, 1.807) is 0 Å². The number of rotatable bonds is 4. The molecule has 28 heavy (non-hydrogen) atoms. The van der Waals surface area contributed by atoms with Crippen molar-refractivity contribution in [3.63, 3.8) is 0 Å². The van der Waals surface area contributed by atoms with Gasteiger partial charge >= 0.3 is 6.09 Å². The van der Waals surface area contributed by atoms with Crippen molar-refractivity contribution in [2.24, 2.45) is 5.73 Å². The van der Waals surface area contributed by atoms with Gasteiger partial charge in [-0.25, -0.2) is 4.48 Å². The minimum atomic E-state index is -0.662. The van der Waals surface area contributed by atoms with Crippen LogP contribution in [0.5, 0.6) is 0 Å². The van der Waals surface area contributed by atoms with E-state index in [9.17, 15) is 9.59 Å². The van der Waals surface area contributed by atoms with E-state index < -0.39 is 23.6 Å². The number of likely N-dealkylation sites (tertiary alicyclic amines) is 1. The molecule has 0 saturated carbocycles. The third-order valence-corrected chi connectivity index (χ3v) is 5.32. The zero-order chi connectivity index (χ0) is 20.4. The van der Waals surface area contributed by atoms with E-state index in [0.717, 1.165) is 17.5 Å². The van der Waals surface area contributed by atoms with Gasteiger partial charge in [0.1, 0.15) is 5.60 Å². The highest BCUT2D eigenvalue weighted by atomic mass is 16.6. The molecule has 1 aliphatic heterocycles. The molecule has 1 unspecified atom stereocenters. The van der Waals surface area contributed by atoms with E-state index in [1.807, 2.05) is 81.4 Å². The summed E-state index contributed by atoms with van der Waals surface area (Å²) in [6.45, 7) is 6.04. The summed E-state index contributed by atoms with van der Waals surface area (Å²) < 4.78 is 5.73. The summed E-state index contributed by atoms with van der Waals surface area (Å²) in [5.74, 6) is -0.458. The van der Waals surface area contributed by atoms with Gasteiger partial charge in [0, 0.05) is 24.0 Å². The van der Waals surface area contributed by atoms with Gasteiger partial charge in [0.2, 0.25) is 0 Å². The molecular formula is C23H29N2O3+. The second kappa shape index (κ2) is 7.76. The lowest BCUT2D eigenvalue weighted by Gasteiger charge is -2.42. The number of nitrogens with zero attached hydrogens (tertiary/aromatic N) is 1. The first-order valence-corrected chi connectivity index (χ1v) is 9.76. The summed E-state index contributed by atoms with van der Waals surface area (Å²) in [5.41, 5.74) is 7.08. The van der Waals surface area contributed by atoms with E-state index >= 15 is 0 Å². The van der Waals surface area contributed by atoms with Gasteiger partial charge in [-0.2, -0.15) is 4.79 Å². The fourth-order valence-corrected chi connectivity index (χ4v) is 4.28. The summed E-state index contributed by atoms with van der Waals surface area (Å²) in [5, 5.41) is 0. The Labute approximate surface area is 166 Å². The minimum absolute atomic E-state index is 0.124. The minimum Gasteiger partial charge on any atom is -0.414 e. The SMILES string of the molecule is CC(C)(C)OC(=O)[N@@+]1(C(c2ccccc2)c2ccccc2)CCCC1C(N)=O. The molecule has 0 aromatic heterocycles. The van der Waals surface area contributed by atoms with Crippen LogP contribution in [0.25, 0.3) is 0 Å². The Morgan fingerprint density at radius 1 is 1.00 bits per heavy atom. The predicted molar refractivity (Wildman–Crippen MR) is 108 cm³/mol. The highest BCUT2D eigenvalue weighted by molar-refractivity contribution is 5.81. The zero-order valence-corrected chi connectivity index (χ0v) is 16.8. The molecular weight excluding hydrogens is 352 g/mol. The van der Waals surface area contributed by atoms with Crippen molar-refractivity contribution in [1.82, 2.24) is 0 Å². The Kier molecular flexibility index (Phi) is 5.57. The van der Waals surface area contributed by atoms with Gasteiger partial charge in [0.15, 0.2) is 12.1 Å². The Morgan fingerprint density at radius 3 is 1.93 bits per heavy atom. The first kappa shape index (κ1) is 20.1. The monoisotopic (exact) mass is 381 g/mol. The van der Waals surface area contributed by atoms with Crippen molar-refractivity contribution < 1.29 is 18.8 Å². The third kappa shape index (κ3) is 3.80. The number of carbonyl (C=O) groups excluding carboxylic acids is 2. The van der Waals surface area contributed by atoms with E-state index in [0.29, 0.717) is 13.0 Å². The molecule has 1 aliphatic rings. The van der Waals surface area contributed by atoms with Gasteiger partial charge in [-0.1, -0.05) is 60.7 Å². The van der Waals surface area contributed by atoms with E-state index in [4.69, 9.17) is 10.5 Å². The van der Waals surface area contributed by atoms with Crippen LogP contribution in [0.1, 0.15) is 50.8 Å². The van der Waals surface area contributed by atoms with Gasteiger partial charge in [-0.3, -0.25) is 4.79 Å². The molecule has 0 spiro atoms. The number of hydrogen-bond acceptors (Lipinski definition) is 3. The lowest BCUT2D eigenvalue weighted by atomic mass is 9.93. The number of carbonyl (C=O) groups is 2. The van der Waals surface area contributed by atoms with Gasteiger partial charge in [0.05, 0.1) is 6.54 Å².